The average Bonchev–Trinajstić information content (AvgIpc) is 2.60. The van der Waals surface area contributed by atoms with Crippen molar-refractivity contribution in [2.24, 2.45) is 5.73 Å². The lowest BCUT2D eigenvalue weighted by Gasteiger charge is -2.09. The Morgan fingerprint density at radius 1 is 1.40 bits per heavy atom. The van der Waals surface area contributed by atoms with E-state index in [-0.39, 0.29) is 6.04 Å². The van der Waals surface area contributed by atoms with E-state index < -0.39 is 0 Å². The molecule has 1 heterocycles. The van der Waals surface area contributed by atoms with Gasteiger partial charge in [-0.25, -0.2) is 0 Å². The second-order valence-electron chi connectivity index (χ2n) is 3.87. The van der Waals surface area contributed by atoms with Crippen molar-refractivity contribution in [2.45, 2.75) is 19.5 Å². The molecule has 0 saturated carbocycles. The lowest BCUT2D eigenvalue weighted by Crippen LogP contribution is -2.21. The summed E-state index contributed by atoms with van der Waals surface area (Å²) >= 11 is 0. The third-order valence-corrected chi connectivity index (χ3v) is 2.47. The maximum absolute atomic E-state index is 5.79. The zero-order valence-electron chi connectivity index (χ0n) is 9.10. The number of rotatable bonds is 3. The summed E-state index contributed by atoms with van der Waals surface area (Å²) in [5.74, 6) is 0.882. The molecule has 0 amide bonds. The quantitative estimate of drug-likeness (QED) is 0.830. The highest BCUT2D eigenvalue weighted by atomic mass is 16.5. The number of aromatic nitrogens is 1. The van der Waals surface area contributed by atoms with Gasteiger partial charge in [0.1, 0.15) is 5.75 Å². The molecule has 2 aromatic rings. The molecule has 0 bridgehead atoms. The van der Waals surface area contributed by atoms with Crippen molar-refractivity contribution in [3.05, 3.63) is 30.5 Å². The number of benzene rings is 1. The van der Waals surface area contributed by atoms with Crippen LogP contribution in [0.3, 0.4) is 0 Å². The predicted octanol–water partition coefficient (Wildman–Crippen LogP) is 2.00. The van der Waals surface area contributed by atoms with E-state index in [0.29, 0.717) is 0 Å². The summed E-state index contributed by atoms with van der Waals surface area (Å²) in [6, 6.07) is 8.33. The van der Waals surface area contributed by atoms with Crippen molar-refractivity contribution < 1.29 is 4.74 Å². The van der Waals surface area contributed by atoms with E-state index in [2.05, 4.69) is 22.9 Å². The number of ether oxygens (including phenoxy) is 1. The summed E-state index contributed by atoms with van der Waals surface area (Å²) < 4.78 is 7.36. The molecule has 1 aromatic carbocycles. The Hall–Kier alpha value is -1.48. The highest BCUT2D eigenvalue weighted by Crippen LogP contribution is 2.21. The van der Waals surface area contributed by atoms with E-state index in [1.165, 1.54) is 10.9 Å². The lowest BCUT2D eigenvalue weighted by molar-refractivity contribution is 0.415. The van der Waals surface area contributed by atoms with Gasteiger partial charge < -0.3 is 15.0 Å². The Morgan fingerprint density at radius 3 is 2.87 bits per heavy atom. The van der Waals surface area contributed by atoms with Crippen LogP contribution in [0.1, 0.15) is 6.92 Å². The van der Waals surface area contributed by atoms with Gasteiger partial charge in [0, 0.05) is 24.8 Å². The van der Waals surface area contributed by atoms with Crippen LogP contribution >= 0.6 is 0 Å². The molecule has 0 spiro atoms. The Labute approximate surface area is 89.4 Å². The van der Waals surface area contributed by atoms with Gasteiger partial charge in [0.25, 0.3) is 0 Å². The van der Waals surface area contributed by atoms with E-state index in [4.69, 9.17) is 10.5 Å². The molecule has 0 aliphatic carbocycles. The maximum Gasteiger partial charge on any atom is 0.120 e. The minimum atomic E-state index is 0.159. The highest BCUT2D eigenvalue weighted by Gasteiger charge is 2.03. The van der Waals surface area contributed by atoms with Crippen LogP contribution in [-0.4, -0.2) is 17.7 Å². The maximum atomic E-state index is 5.79. The van der Waals surface area contributed by atoms with Crippen molar-refractivity contribution in [1.29, 1.82) is 0 Å². The topological polar surface area (TPSA) is 40.2 Å². The molecule has 0 aliphatic heterocycles. The summed E-state index contributed by atoms with van der Waals surface area (Å²) in [5, 5.41) is 1.22. The molecule has 15 heavy (non-hydrogen) atoms. The van der Waals surface area contributed by atoms with E-state index in [0.717, 1.165) is 12.3 Å². The number of nitrogens with two attached hydrogens (primary N) is 1. The Morgan fingerprint density at radius 2 is 2.20 bits per heavy atom. The molecule has 0 fully saturated rings. The molecular formula is C12H16N2O. The number of nitrogens with zero attached hydrogens (tertiary/aromatic N) is 1. The van der Waals surface area contributed by atoms with E-state index in [1.54, 1.807) is 7.11 Å². The summed E-state index contributed by atoms with van der Waals surface area (Å²) in [7, 11) is 1.68. The third kappa shape index (κ3) is 1.97. The SMILES string of the molecule is COc1ccc2ccn(CC(C)N)c2c1. The van der Waals surface area contributed by atoms with Gasteiger partial charge >= 0.3 is 0 Å². The van der Waals surface area contributed by atoms with Crippen LogP contribution in [0.25, 0.3) is 10.9 Å². The molecule has 1 atom stereocenters. The van der Waals surface area contributed by atoms with Gasteiger partial charge in [-0.15, -0.1) is 0 Å². The van der Waals surface area contributed by atoms with Crippen LogP contribution in [0.4, 0.5) is 0 Å². The van der Waals surface area contributed by atoms with Crippen LogP contribution in [0.15, 0.2) is 30.5 Å². The van der Waals surface area contributed by atoms with Gasteiger partial charge in [0.15, 0.2) is 0 Å². The van der Waals surface area contributed by atoms with Gasteiger partial charge in [0.2, 0.25) is 0 Å². The van der Waals surface area contributed by atoms with E-state index in [9.17, 15) is 0 Å². The second-order valence-corrected chi connectivity index (χ2v) is 3.87. The minimum absolute atomic E-state index is 0.159. The summed E-state index contributed by atoms with van der Waals surface area (Å²) in [4.78, 5) is 0. The molecular weight excluding hydrogens is 188 g/mol. The predicted molar refractivity (Wildman–Crippen MR) is 62.1 cm³/mol. The average molecular weight is 204 g/mol. The van der Waals surface area contributed by atoms with Gasteiger partial charge in [-0.1, -0.05) is 0 Å². The molecule has 2 rings (SSSR count). The van der Waals surface area contributed by atoms with Crippen LogP contribution in [0, 0.1) is 0 Å². The first-order valence-corrected chi connectivity index (χ1v) is 5.09. The Bertz CT molecular complexity index is 460. The summed E-state index contributed by atoms with van der Waals surface area (Å²) in [6.07, 6.45) is 2.06. The molecule has 3 nitrogen and oxygen atoms in total. The molecule has 1 aromatic heterocycles. The Balaban J connectivity index is 2.46. The van der Waals surface area contributed by atoms with Gasteiger partial charge in [0.05, 0.1) is 12.6 Å². The Kier molecular flexibility index (Phi) is 2.64. The lowest BCUT2D eigenvalue weighted by atomic mass is 10.2. The summed E-state index contributed by atoms with van der Waals surface area (Å²) in [6.45, 7) is 2.84. The van der Waals surface area contributed by atoms with Gasteiger partial charge in [-0.2, -0.15) is 0 Å². The fourth-order valence-corrected chi connectivity index (χ4v) is 1.76. The number of fused-ring (bicyclic) bond motifs is 1. The van der Waals surface area contributed by atoms with Crippen LogP contribution in [0.5, 0.6) is 5.75 Å². The van der Waals surface area contributed by atoms with Crippen molar-refractivity contribution in [2.75, 3.05) is 7.11 Å². The standard InChI is InChI=1S/C12H16N2O/c1-9(13)8-14-6-5-10-3-4-11(15-2)7-12(10)14/h3-7,9H,8,13H2,1-2H3. The first-order valence-electron chi connectivity index (χ1n) is 5.09. The fraction of sp³-hybridized carbons (Fsp3) is 0.333. The molecule has 80 valence electrons. The van der Waals surface area contributed by atoms with Crippen molar-refractivity contribution in [3.63, 3.8) is 0 Å². The first kappa shape index (κ1) is 10.1. The van der Waals surface area contributed by atoms with Gasteiger partial charge in [-0.05, 0) is 30.5 Å². The van der Waals surface area contributed by atoms with Gasteiger partial charge in [-0.3, -0.25) is 0 Å². The molecule has 3 heteroatoms. The van der Waals surface area contributed by atoms with E-state index >= 15 is 0 Å². The minimum Gasteiger partial charge on any atom is -0.497 e. The largest absolute Gasteiger partial charge is 0.497 e. The van der Waals surface area contributed by atoms with Crippen molar-refractivity contribution in [3.8, 4) is 5.75 Å². The smallest absolute Gasteiger partial charge is 0.120 e. The second kappa shape index (κ2) is 3.95. The zero-order valence-corrected chi connectivity index (χ0v) is 9.10. The molecule has 2 N–H and O–H groups in total. The molecule has 1 unspecified atom stereocenters. The van der Waals surface area contributed by atoms with Crippen LogP contribution in [0.2, 0.25) is 0 Å². The third-order valence-electron chi connectivity index (χ3n) is 2.47. The normalized spacial score (nSPS) is 13.0. The number of methoxy groups -OCH3 is 1. The van der Waals surface area contributed by atoms with Crippen molar-refractivity contribution >= 4 is 10.9 Å². The first-order chi connectivity index (χ1) is 7.20. The fourth-order valence-electron chi connectivity index (χ4n) is 1.76. The molecule has 0 aliphatic rings. The molecule has 0 radical (unpaired) electrons. The van der Waals surface area contributed by atoms with Crippen LogP contribution < -0.4 is 10.5 Å². The van der Waals surface area contributed by atoms with E-state index in [1.807, 2.05) is 19.1 Å². The monoisotopic (exact) mass is 204 g/mol. The van der Waals surface area contributed by atoms with Crippen LogP contribution in [-0.2, 0) is 6.54 Å². The zero-order chi connectivity index (χ0) is 10.8. The van der Waals surface area contributed by atoms with Crippen molar-refractivity contribution in [1.82, 2.24) is 4.57 Å². The summed E-state index contributed by atoms with van der Waals surface area (Å²) in [5.41, 5.74) is 6.97. The number of hydrogen-bond donors (Lipinski definition) is 1. The molecule has 0 saturated heterocycles. The highest BCUT2D eigenvalue weighted by molar-refractivity contribution is 5.81. The number of hydrogen-bond acceptors (Lipinski definition) is 2.